The highest BCUT2D eigenvalue weighted by Crippen LogP contribution is 2.41. The molecule has 5 heteroatoms. The molecule has 0 fully saturated rings. The average Bonchev–Trinajstić information content (AvgIpc) is 2.79. The summed E-state index contributed by atoms with van der Waals surface area (Å²) < 4.78 is 6.21. The van der Waals surface area contributed by atoms with E-state index in [1.165, 1.54) is 0 Å². The van der Waals surface area contributed by atoms with Crippen molar-refractivity contribution in [3.8, 4) is 5.75 Å². The number of carbonyl (C=O) groups is 2. The van der Waals surface area contributed by atoms with Crippen LogP contribution in [0.3, 0.4) is 0 Å². The van der Waals surface area contributed by atoms with Crippen LogP contribution in [-0.4, -0.2) is 17.0 Å². The van der Waals surface area contributed by atoms with Crippen LogP contribution in [0.4, 0.5) is 0 Å². The Hall–Kier alpha value is -3.60. The predicted molar refractivity (Wildman–Crippen MR) is 123 cm³/mol. The molecule has 3 aromatic rings. The highest BCUT2D eigenvalue weighted by Gasteiger charge is 2.36. The van der Waals surface area contributed by atoms with Gasteiger partial charge in [0.15, 0.2) is 0 Å². The molecule has 32 heavy (non-hydrogen) atoms. The van der Waals surface area contributed by atoms with Gasteiger partial charge in [-0.2, -0.15) is 0 Å². The van der Waals surface area contributed by atoms with E-state index in [1.807, 2.05) is 75.4 Å². The van der Waals surface area contributed by atoms with Crippen molar-refractivity contribution in [2.45, 2.75) is 44.8 Å². The van der Waals surface area contributed by atoms with Crippen LogP contribution < -0.4 is 10.1 Å². The first-order chi connectivity index (χ1) is 15.3. The molecule has 0 bridgehead atoms. The lowest BCUT2D eigenvalue weighted by atomic mass is 9.80. The van der Waals surface area contributed by atoms with Gasteiger partial charge >= 0.3 is 5.97 Å². The maximum Gasteiger partial charge on any atom is 0.335 e. The average molecular weight is 430 g/mol. The third-order valence-electron chi connectivity index (χ3n) is 6.21. The normalized spacial score (nSPS) is 17.7. The maximum absolute atomic E-state index is 13.5. The van der Waals surface area contributed by atoms with E-state index < -0.39 is 11.4 Å². The van der Waals surface area contributed by atoms with Crippen LogP contribution in [0.25, 0.3) is 0 Å². The third-order valence-corrected chi connectivity index (χ3v) is 6.21. The summed E-state index contributed by atoms with van der Waals surface area (Å²) in [6, 6.07) is 22.1. The van der Waals surface area contributed by atoms with Crippen LogP contribution in [0.2, 0.25) is 0 Å². The number of benzene rings is 3. The Morgan fingerprint density at radius 1 is 1.00 bits per heavy atom. The zero-order valence-corrected chi connectivity index (χ0v) is 18.5. The summed E-state index contributed by atoms with van der Waals surface area (Å²) in [4.78, 5) is 24.9. The molecule has 2 N–H and O–H groups in total. The fourth-order valence-corrected chi connectivity index (χ4v) is 4.37. The molecule has 3 aromatic carbocycles. The molecule has 0 saturated heterocycles. The van der Waals surface area contributed by atoms with Gasteiger partial charge in [0.1, 0.15) is 11.9 Å². The second kappa shape index (κ2) is 8.50. The van der Waals surface area contributed by atoms with Gasteiger partial charge in [-0.1, -0.05) is 54.6 Å². The summed E-state index contributed by atoms with van der Waals surface area (Å²) in [7, 11) is 0. The van der Waals surface area contributed by atoms with Crippen molar-refractivity contribution in [3.05, 3.63) is 101 Å². The minimum absolute atomic E-state index is 0.0634. The summed E-state index contributed by atoms with van der Waals surface area (Å²) in [5, 5.41) is 12.6. The van der Waals surface area contributed by atoms with Gasteiger partial charge in [-0.15, -0.1) is 0 Å². The van der Waals surface area contributed by atoms with E-state index in [9.17, 15) is 14.7 Å². The van der Waals surface area contributed by atoms with Crippen LogP contribution in [0.15, 0.2) is 72.8 Å². The Bertz CT molecular complexity index is 1170. The largest absolute Gasteiger partial charge is 0.485 e. The summed E-state index contributed by atoms with van der Waals surface area (Å²) in [5.41, 5.74) is 3.26. The highest BCUT2D eigenvalue weighted by molar-refractivity contribution is 5.88. The van der Waals surface area contributed by atoms with E-state index in [4.69, 9.17) is 4.74 Å². The molecule has 164 valence electrons. The highest BCUT2D eigenvalue weighted by atomic mass is 16.5. The summed E-state index contributed by atoms with van der Waals surface area (Å²) in [6.45, 7) is 5.88. The van der Waals surface area contributed by atoms with Crippen molar-refractivity contribution in [3.63, 3.8) is 0 Å². The standard InChI is InChI=1S/C27H27NO4/c1-17-9-4-6-13-21(17)27(2,3)26(31)28-22-16-24(32-23-14-7-5-12-20(22)23)18-10-8-11-19(15-18)25(29)30/h4-15,22,24H,16H2,1-3H3,(H,28,31)(H,29,30)/t22-,24-/m1/s1. The lowest BCUT2D eigenvalue weighted by Crippen LogP contribution is -2.43. The molecule has 0 radical (unpaired) electrons. The topological polar surface area (TPSA) is 75.6 Å². The van der Waals surface area contributed by atoms with E-state index in [-0.39, 0.29) is 23.6 Å². The van der Waals surface area contributed by atoms with Crippen LogP contribution >= 0.6 is 0 Å². The Morgan fingerprint density at radius 3 is 2.47 bits per heavy atom. The van der Waals surface area contributed by atoms with Gasteiger partial charge in [0.2, 0.25) is 5.91 Å². The van der Waals surface area contributed by atoms with Gasteiger partial charge in [0.25, 0.3) is 0 Å². The van der Waals surface area contributed by atoms with Crippen LogP contribution in [-0.2, 0) is 10.2 Å². The molecule has 1 aliphatic heterocycles. The van der Waals surface area contributed by atoms with Crippen molar-refractivity contribution >= 4 is 11.9 Å². The smallest absolute Gasteiger partial charge is 0.335 e. The third kappa shape index (κ3) is 4.11. The number of carboxylic acids is 1. The van der Waals surface area contributed by atoms with Gasteiger partial charge in [0, 0.05) is 12.0 Å². The first-order valence-electron chi connectivity index (χ1n) is 10.7. The molecule has 4 rings (SSSR count). The minimum atomic E-state index is -0.979. The molecular formula is C27H27NO4. The number of para-hydroxylation sites is 1. The molecular weight excluding hydrogens is 402 g/mol. The van der Waals surface area contributed by atoms with Gasteiger partial charge in [-0.3, -0.25) is 4.79 Å². The predicted octanol–water partition coefficient (Wildman–Crippen LogP) is 5.35. The number of fused-ring (bicyclic) bond motifs is 1. The molecule has 0 spiro atoms. The summed E-state index contributed by atoms with van der Waals surface area (Å²) in [5.74, 6) is -0.345. The summed E-state index contributed by atoms with van der Waals surface area (Å²) >= 11 is 0. The van der Waals surface area contributed by atoms with E-state index in [2.05, 4.69) is 5.32 Å². The number of carbonyl (C=O) groups excluding carboxylic acids is 1. The molecule has 1 aliphatic rings. The van der Waals surface area contributed by atoms with Crippen LogP contribution in [0, 0.1) is 6.92 Å². The zero-order valence-electron chi connectivity index (χ0n) is 18.5. The number of aryl methyl sites for hydroxylation is 1. The Balaban J connectivity index is 1.64. The summed E-state index contributed by atoms with van der Waals surface area (Å²) in [6.07, 6.45) is 0.145. The van der Waals surface area contributed by atoms with Crippen LogP contribution in [0.1, 0.15) is 65.0 Å². The Labute approximate surface area is 188 Å². The molecule has 0 unspecified atom stereocenters. The van der Waals surface area contributed by atoms with Gasteiger partial charge in [0.05, 0.1) is 17.0 Å². The molecule has 0 aliphatic carbocycles. The van der Waals surface area contributed by atoms with E-state index in [0.717, 1.165) is 22.3 Å². The monoisotopic (exact) mass is 429 g/mol. The molecule has 0 aromatic heterocycles. The maximum atomic E-state index is 13.5. The quantitative estimate of drug-likeness (QED) is 0.573. The first-order valence-corrected chi connectivity index (χ1v) is 10.7. The van der Waals surface area contributed by atoms with Crippen molar-refractivity contribution < 1.29 is 19.4 Å². The number of hydrogen-bond acceptors (Lipinski definition) is 3. The van der Waals surface area contributed by atoms with Crippen molar-refractivity contribution in [2.75, 3.05) is 0 Å². The number of nitrogens with one attached hydrogen (secondary N) is 1. The van der Waals surface area contributed by atoms with Gasteiger partial charge in [-0.25, -0.2) is 4.79 Å². The molecule has 0 saturated carbocycles. The Morgan fingerprint density at radius 2 is 1.72 bits per heavy atom. The van der Waals surface area contributed by atoms with E-state index >= 15 is 0 Å². The molecule has 1 heterocycles. The molecule has 1 amide bonds. The minimum Gasteiger partial charge on any atom is -0.485 e. The van der Waals surface area contributed by atoms with Crippen molar-refractivity contribution in [2.24, 2.45) is 0 Å². The molecule has 5 nitrogen and oxygen atoms in total. The Kier molecular flexibility index (Phi) is 5.74. The van der Waals surface area contributed by atoms with Crippen molar-refractivity contribution in [1.82, 2.24) is 5.32 Å². The van der Waals surface area contributed by atoms with E-state index in [1.54, 1.807) is 18.2 Å². The number of aromatic carboxylic acids is 1. The number of amides is 1. The van der Waals surface area contributed by atoms with Gasteiger partial charge in [-0.05, 0) is 55.7 Å². The fourth-order valence-electron chi connectivity index (χ4n) is 4.37. The number of hydrogen-bond donors (Lipinski definition) is 2. The van der Waals surface area contributed by atoms with E-state index in [0.29, 0.717) is 12.2 Å². The lowest BCUT2D eigenvalue weighted by Gasteiger charge is -2.35. The first kappa shape index (κ1) is 21.6. The SMILES string of the molecule is Cc1ccccc1C(C)(C)C(=O)N[C@@H]1C[C@H](c2cccc(C(=O)O)c2)Oc2ccccc21. The zero-order chi connectivity index (χ0) is 22.9. The van der Waals surface area contributed by atoms with Crippen LogP contribution in [0.5, 0.6) is 5.75 Å². The number of carboxylic acid groups (broad SMARTS) is 1. The lowest BCUT2D eigenvalue weighted by molar-refractivity contribution is -0.126. The number of rotatable bonds is 5. The number of ether oxygens (including phenoxy) is 1. The fraction of sp³-hybridized carbons (Fsp3) is 0.259. The molecule has 2 atom stereocenters. The van der Waals surface area contributed by atoms with Gasteiger partial charge < -0.3 is 15.2 Å². The second-order valence-corrected chi connectivity index (χ2v) is 8.78. The van der Waals surface area contributed by atoms with Crippen molar-refractivity contribution in [1.29, 1.82) is 0 Å². The second-order valence-electron chi connectivity index (χ2n) is 8.78.